The summed E-state index contributed by atoms with van der Waals surface area (Å²) >= 11 is 0. The van der Waals surface area contributed by atoms with Crippen molar-refractivity contribution in [1.82, 2.24) is 9.88 Å². The van der Waals surface area contributed by atoms with Crippen molar-refractivity contribution in [3.05, 3.63) is 72.1 Å². The van der Waals surface area contributed by atoms with E-state index in [1.807, 2.05) is 18.3 Å². The third-order valence-electron chi connectivity index (χ3n) is 4.82. The highest BCUT2D eigenvalue weighted by Crippen LogP contribution is 2.20. The molecule has 0 radical (unpaired) electrons. The van der Waals surface area contributed by atoms with Gasteiger partial charge in [-0.3, -0.25) is 4.90 Å². The summed E-state index contributed by atoms with van der Waals surface area (Å²) in [6.45, 7) is 7.59. The van der Waals surface area contributed by atoms with Gasteiger partial charge in [0.1, 0.15) is 6.61 Å². The van der Waals surface area contributed by atoms with E-state index >= 15 is 0 Å². The second-order valence-electron chi connectivity index (χ2n) is 6.71. The van der Waals surface area contributed by atoms with Crippen LogP contribution in [0.5, 0.6) is 5.88 Å². The second kappa shape index (κ2) is 8.67. The quantitative estimate of drug-likeness (QED) is 0.843. The molecule has 0 saturated carbocycles. The first kappa shape index (κ1) is 17.5. The van der Waals surface area contributed by atoms with Crippen molar-refractivity contribution < 1.29 is 4.74 Å². The molecule has 0 atom stereocenters. The van der Waals surface area contributed by atoms with Crippen molar-refractivity contribution in [1.29, 1.82) is 0 Å². The minimum Gasteiger partial charge on any atom is -0.476 e. The smallest absolute Gasteiger partial charge is 0.213 e. The number of aromatic nitrogens is 1. The van der Waals surface area contributed by atoms with Crippen LogP contribution in [-0.2, 0) is 6.42 Å². The molecule has 0 spiro atoms. The molecule has 132 valence electrons. The van der Waals surface area contributed by atoms with Crippen LogP contribution in [0.3, 0.4) is 0 Å². The molecule has 2 N–H and O–H groups in total. The Kier molecular flexibility index (Phi) is 6.07. The van der Waals surface area contributed by atoms with E-state index in [1.165, 1.54) is 11.1 Å². The van der Waals surface area contributed by atoms with Gasteiger partial charge in [-0.25, -0.2) is 4.98 Å². The van der Waals surface area contributed by atoms with E-state index < -0.39 is 0 Å². The third-order valence-corrected chi connectivity index (χ3v) is 4.82. The number of ether oxygens (including phenoxy) is 1. The molecule has 1 aromatic heterocycles. The SMILES string of the molecule is C=C(N)C1CCN(CCOc2ccc(Cc3ccccc3)cn2)CC1. The first-order valence-electron chi connectivity index (χ1n) is 8.99. The van der Waals surface area contributed by atoms with Gasteiger partial charge in [0.05, 0.1) is 0 Å². The Morgan fingerprint density at radius 1 is 1.12 bits per heavy atom. The van der Waals surface area contributed by atoms with Gasteiger partial charge in [-0.2, -0.15) is 0 Å². The standard InChI is InChI=1S/C21H27N3O/c1-17(22)20-9-11-24(12-10-20)13-14-25-21-8-7-19(16-23-21)15-18-5-3-2-4-6-18/h2-8,16,20H,1,9-15,22H2. The van der Waals surface area contributed by atoms with Gasteiger partial charge in [0.25, 0.3) is 0 Å². The lowest BCUT2D eigenvalue weighted by Crippen LogP contribution is -2.37. The monoisotopic (exact) mass is 337 g/mol. The molecule has 1 aliphatic rings. The van der Waals surface area contributed by atoms with Crippen LogP contribution >= 0.6 is 0 Å². The average Bonchev–Trinajstić information content (AvgIpc) is 2.64. The molecule has 2 aromatic rings. The second-order valence-corrected chi connectivity index (χ2v) is 6.71. The summed E-state index contributed by atoms with van der Waals surface area (Å²) in [7, 11) is 0. The summed E-state index contributed by atoms with van der Waals surface area (Å²) < 4.78 is 5.79. The highest BCUT2D eigenvalue weighted by molar-refractivity contribution is 5.26. The Morgan fingerprint density at radius 3 is 2.52 bits per heavy atom. The number of likely N-dealkylation sites (tertiary alicyclic amines) is 1. The summed E-state index contributed by atoms with van der Waals surface area (Å²) in [4.78, 5) is 6.84. The molecule has 0 unspecified atom stereocenters. The molecule has 0 amide bonds. The number of benzene rings is 1. The van der Waals surface area contributed by atoms with Crippen LogP contribution in [0.2, 0.25) is 0 Å². The van der Waals surface area contributed by atoms with Crippen molar-refractivity contribution in [2.75, 3.05) is 26.2 Å². The maximum Gasteiger partial charge on any atom is 0.213 e. The fraction of sp³-hybridized carbons (Fsp3) is 0.381. The van der Waals surface area contributed by atoms with Crippen LogP contribution in [-0.4, -0.2) is 36.1 Å². The molecule has 3 rings (SSSR count). The molecule has 2 heterocycles. The van der Waals surface area contributed by atoms with Gasteiger partial charge in [0.15, 0.2) is 0 Å². The lowest BCUT2D eigenvalue weighted by Gasteiger charge is -2.31. The molecule has 1 aliphatic heterocycles. The largest absolute Gasteiger partial charge is 0.476 e. The number of rotatable bonds is 7. The predicted octanol–water partition coefficient (Wildman–Crippen LogP) is 3.24. The molecule has 1 saturated heterocycles. The zero-order chi connectivity index (χ0) is 17.5. The number of hydrogen-bond acceptors (Lipinski definition) is 4. The first-order valence-corrected chi connectivity index (χ1v) is 8.99. The Bertz CT molecular complexity index is 661. The molecule has 1 aromatic carbocycles. The molecule has 1 fully saturated rings. The summed E-state index contributed by atoms with van der Waals surface area (Å²) in [5.74, 6) is 1.18. The maximum absolute atomic E-state index is 5.80. The van der Waals surface area contributed by atoms with Gasteiger partial charge < -0.3 is 10.5 Å². The van der Waals surface area contributed by atoms with Gasteiger partial charge in [-0.05, 0) is 43.5 Å². The summed E-state index contributed by atoms with van der Waals surface area (Å²) in [5.41, 5.74) is 9.12. The molecule has 0 bridgehead atoms. The van der Waals surface area contributed by atoms with E-state index in [9.17, 15) is 0 Å². The fourth-order valence-corrected chi connectivity index (χ4v) is 3.24. The van der Waals surface area contributed by atoms with Crippen molar-refractivity contribution in [3.8, 4) is 5.88 Å². The normalized spacial score (nSPS) is 15.8. The predicted molar refractivity (Wildman–Crippen MR) is 101 cm³/mol. The Balaban J connectivity index is 1.40. The zero-order valence-corrected chi connectivity index (χ0v) is 14.7. The maximum atomic E-state index is 5.80. The van der Waals surface area contributed by atoms with Crippen molar-refractivity contribution >= 4 is 0 Å². The van der Waals surface area contributed by atoms with Gasteiger partial charge in [0, 0.05) is 30.4 Å². The topological polar surface area (TPSA) is 51.4 Å². The van der Waals surface area contributed by atoms with Crippen molar-refractivity contribution in [3.63, 3.8) is 0 Å². The van der Waals surface area contributed by atoms with Crippen LogP contribution < -0.4 is 10.5 Å². The minimum atomic E-state index is 0.482. The van der Waals surface area contributed by atoms with Crippen LogP contribution in [0.15, 0.2) is 60.9 Å². The zero-order valence-electron chi connectivity index (χ0n) is 14.7. The molecule has 25 heavy (non-hydrogen) atoms. The Morgan fingerprint density at radius 2 is 1.88 bits per heavy atom. The highest BCUT2D eigenvalue weighted by Gasteiger charge is 2.19. The van der Waals surface area contributed by atoms with Crippen molar-refractivity contribution in [2.24, 2.45) is 11.7 Å². The van der Waals surface area contributed by atoms with E-state index in [4.69, 9.17) is 10.5 Å². The van der Waals surface area contributed by atoms with Crippen LogP contribution in [0, 0.1) is 5.92 Å². The van der Waals surface area contributed by atoms with Crippen LogP contribution in [0.1, 0.15) is 24.0 Å². The lowest BCUT2D eigenvalue weighted by atomic mass is 9.94. The van der Waals surface area contributed by atoms with E-state index in [0.29, 0.717) is 18.4 Å². The molecule has 0 aliphatic carbocycles. The summed E-state index contributed by atoms with van der Waals surface area (Å²) in [5, 5.41) is 0. The fourth-order valence-electron chi connectivity index (χ4n) is 3.24. The van der Waals surface area contributed by atoms with Gasteiger partial charge in [0.2, 0.25) is 5.88 Å². The number of hydrogen-bond donors (Lipinski definition) is 1. The summed E-state index contributed by atoms with van der Waals surface area (Å²) in [6, 6.07) is 14.5. The van der Waals surface area contributed by atoms with Gasteiger partial charge in [-0.15, -0.1) is 0 Å². The van der Waals surface area contributed by atoms with Crippen LogP contribution in [0.4, 0.5) is 0 Å². The van der Waals surface area contributed by atoms with Gasteiger partial charge >= 0.3 is 0 Å². The van der Waals surface area contributed by atoms with E-state index in [1.54, 1.807) is 0 Å². The Hall–Kier alpha value is -2.33. The van der Waals surface area contributed by atoms with E-state index in [-0.39, 0.29) is 0 Å². The first-order chi connectivity index (χ1) is 12.2. The molecular formula is C21H27N3O. The number of nitrogens with two attached hydrogens (primary N) is 1. The van der Waals surface area contributed by atoms with E-state index in [2.05, 4.69) is 46.8 Å². The van der Waals surface area contributed by atoms with Crippen LogP contribution in [0.25, 0.3) is 0 Å². The molecular weight excluding hydrogens is 310 g/mol. The number of nitrogens with zero attached hydrogens (tertiary/aromatic N) is 2. The van der Waals surface area contributed by atoms with Crippen molar-refractivity contribution in [2.45, 2.75) is 19.3 Å². The average molecular weight is 337 g/mol. The number of allylic oxidation sites excluding steroid dienone is 1. The van der Waals surface area contributed by atoms with E-state index in [0.717, 1.165) is 44.6 Å². The summed E-state index contributed by atoms with van der Waals surface area (Å²) in [6.07, 6.45) is 5.00. The lowest BCUT2D eigenvalue weighted by molar-refractivity contribution is 0.162. The highest BCUT2D eigenvalue weighted by atomic mass is 16.5. The third kappa shape index (κ3) is 5.33. The number of piperidine rings is 1. The number of pyridine rings is 1. The molecule has 4 nitrogen and oxygen atoms in total. The molecule has 4 heteroatoms. The van der Waals surface area contributed by atoms with Gasteiger partial charge in [-0.1, -0.05) is 43.0 Å². The Labute approximate surface area is 150 Å². The minimum absolute atomic E-state index is 0.482.